The van der Waals surface area contributed by atoms with Gasteiger partial charge in [0.15, 0.2) is 6.61 Å². The molecule has 0 aliphatic heterocycles. The smallest absolute Gasteiger partial charge is 0.338 e. The lowest BCUT2D eigenvalue weighted by molar-refractivity contribution is -0.119. The van der Waals surface area contributed by atoms with Crippen molar-refractivity contribution in [2.75, 3.05) is 26.1 Å². The highest BCUT2D eigenvalue weighted by Crippen LogP contribution is 2.25. The molecule has 0 aliphatic rings. The SMILES string of the molecule is CNS(=O)(=O)c1cc(C(=O)OCC(=O)Nc2ccc(F)cc2F)ccc1OC. The molecular formula is C17H16F2N2O6S. The number of sulfonamides is 1. The van der Waals surface area contributed by atoms with E-state index in [9.17, 15) is 26.8 Å². The summed E-state index contributed by atoms with van der Waals surface area (Å²) in [7, 11) is -1.45. The van der Waals surface area contributed by atoms with Crippen molar-refractivity contribution in [2.45, 2.75) is 4.90 Å². The van der Waals surface area contributed by atoms with Crippen LogP contribution in [0.4, 0.5) is 14.5 Å². The molecule has 1 amide bonds. The van der Waals surface area contributed by atoms with Gasteiger partial charge in [-0.05, 0) is 37.4 Å². The normalized spacial score (nSPS) is 11.0. The molecule has 0 heterocycles. The predicted octanol–water partition coefficient (Wildman–Crippen LogP) is 1.68. The average molecular weight is 414 g/mol. The first-order valence-electron chi connectivity index (χ1n) is 7.71. The molecule has 2 aromatic rings. The largest absolute Gasteiger partial charge is 0.495 e. The number of rotatable bonds is 7. The topological polar surface area (TPSA) is 111 Å². The Labute approximate surface area is 159 Å². The van der Waals surface area contributed by atoms with Gasteiger partial charge in [0.1, 0.15) is 22.3 Å². The van der Waals surface area contributed by atoms with Crippen LogP contribution < -0.4 is 14.8 Å². The maximum Gasteiger partial charge on any atom is 0.338 e. The molecular weight excluding hydrogens is 398 g/mol. The minimum Gasteiger partial charge on any atom is -0.495 e. The Kier molecular flexibility index (Phi) is 6.65. The molecule has 0 unspecified atom stereocenters. The van der Waals surface area contributed by atoms with E-state index in [1.165, 1.54) is 26.3 Å². The molecule has 0 spiro atoms. The van der Waals surface area contributed by atoms with Gasteiger partial charge < -0.3 is 14.8 Å². The van der Waals surface area contributed by atoms with Crippen LogP contribution in [0.2, 0.25) is 0 Å². The Hall–Kier alpha value is -3.05. The molecule has 0 saturated carbocycles. The number of hydrogen-bond acceptors (Lipinski definition) is 6. The highest BCUT2D eigenvalue weighted by atomic mass is 32.2. The summed E-state index contributed by atoms with van der Waals surface area (Å²) < 4.78 is 62.2. The fourth-order valence-electron chi connectivity index (χ4n) is 2.12. The monoisotopic (exact) mass is 414 g/mol. The van der Waals surface area contributed by atoms with E-state index in [-0.39, 0.29) is 21.9 Å². The van der Waals surface area contributed by atoms with Crippen molar-refractivity contribution in [1.82, 2.24) is 4.72 Å². The van der Waals surface area contributed by atoms with Gasteiger partial charge in [-0.2, -0.15) is 0 Å². The molecule has 2 N–H and O–H groups in total. The zero-order chi connectivity index (χ0) is 20.9. The fourth-order valence-corrected chi connectivity index (χ4v) is 3.03. The Bertz CT molecular complexity index is 1010. The van der Waals surface area contributed by atoms with E-state index in [2.05, 4.69) is 10.0 Å². The van der Waals surface area contributed by atoms with Gasteiger partial charge in [0, 0.05) is 6.07 Å². The van der Waals surface area contributed by atoms with E-state index in [4.69, 9.17) is 9.47 Å². The Morgan fingerprint density at radius 2 is 1.82 bits per heavy atom. The maximum absolute atomic E-state index is 13.5. The molecule has 0 aromatic heterocycles. The van der Waals surface area contributed by atoms with Gasteiger partial charge >= 0.3 is 5.97 Å². The lowest BCUT2D eigenvalue weighted by Crippen LogP contribution is -2.22. The van der Waals surface area contributed by atoms with Crippen molar-refractivity contribution in [3.8, 4) is 5.75 Å². The number of esters is 1. The minimum absolute atomic E-state index is 0.00966. The van der Waals surface area contributed by atoms with E-state index in [0.717, 1.165) is 18.2 Å². The third-order valence-electron chi connectivity index (χ3n) is 3.50. The summed E-state index contributed by atoms with van der Waals surface area (Å²) in [5.41, 5.74) is -0.426. The van der Waals surface area contributed by atoms with Crippen LogP contribution in [0.15, 0.2) is 41.3 Å². The first kappa shape index (κ1) is 21.3. The molecule has 11 heteroatoms. The number of carbonyl (C=O) groups excluding carboxylic acids is 2. The summed E-state index contributed by atoms with van der Waals surface area (Å²) in [6.45, 7) is -0.768. The van der Waals surface area contributed by atoms with Crippen LogP contribution >= 0.6 is 0 Å². The van der Waals surface area contributed by atoms with E-state index in [1.54, 1.807) is 0 Å². The van der Waals surface area contributed by atoms with Crippen molar-refractivity contribution in [2.24, 2.45) is 0 Å². The zero-order valence-corrected chi connectivity index (χ0v) is 15.6. The van der Waals surface area contributed by atoms with Crippen LogP contribution in [0, 0.1) is 11.6 Å². The lowest BCUT2D eigenvalue weighted by atomic mass is 10.2. The number of ether oxygens (including phenoxy) is 2. The van der Waals surface area contributed by atoms with Crippen molar-refractivity contribution < 1.29 is 36.3 Å². The van der Waals surface area contributed by atoms with Crippen molar-refractivity contribution in [1.29, 1.82) is 0 Å². The summed E-state index contributed by atoms with van der Waals surface area (Å²) in [5.74, 6) is -3.64. The number of benzene rings is 2. The average Bonchev–Trinajstić information content (AvgIpc) is 2.67. The molecule has 28 heavy (non-hydrogen) atoms. The van der Waals surface area contributed by atoms with Crippen molar-refractivity contribution in [3.05, 3.63) is 53.6 Å². The van der Waals surface area contributed by atoms with Crippen LogP contribution in [0.5, 0.6) is 5.75 Å². The van der Waals surface area contributed by atoms with Gasteiger partial charge in [-0.3, -0.25) is 4.79 Å². The second-order valence-corrected chi connectivity index (χ2v) is 7.18. The highest BCUT2D eigenvalue weighted by molar-refractivity contribution is 7.89. The van der Waals surface area contributed by atoms with Gasteiger partial charge in [-0.1, -0.05) is 0 Å². The van der Waals surface area contributed by atoms with Crippen LogP contribution in [0.25, 0.3) is 0 Å². The number of amides is 1. The molecule has 8 nitrogen and oxygen atoms in total. The molecule has 150 valence electrons. The summed E-state index contributed by atoms with van der Waals surface area (Å²) in [5, 5.41) is 2.12. The second kappa shape index (κ2) is 8.76. The fraction of sp³-hybridized carbons (Fsp3) is 0.176. The van der Waals surface area contributed by atoms with Gasteiger partial charge in [0.05, 0.1) is 18.4 Å². The summed E-state index contributed by atoms with van der Waals surface area (Å²) in [4.78, 5) is 23.6. The van der Waals surface area contributed by atoms with Crippen LogP contribution in [-0.4, -0.2) is 41.1 Å². The van der Waals surface area contributed by atoms with Crippen LogP contribution in [0.1, 0.15) is 10.4 Å². The minimum atomic E-state index is -3.91. The van der Waals surface area contributed by atoms with Gasteiger partial charge in [0.25, 0.3) is 5.91 Å². The van der Waals surface area contributed by atoms with E-state index in [0.29, 0.717) is 6.07 Å². The van der Waals surface area contributed by atoms with Crippen LogP contribution in [-0.2, 0) is 19.6 Å². The Morgan fingerprint density at radius 3 is 2.43 bits per heavy atom. The summed E-state index contributed by atoms with van der Waals surface area (Å²) in [6.07, 6.45) is 0. The standard InChI is InChI=1S/C17H16F2N2O6S/c1-20-28(24,25)15-7-10(3-6-14(15)26-2)17(23)27-9-16(22)21-13-5-4-11(18)8-12(13)19/h3-8,20H,9H2,1-2H3,(H,21,22). The number of halogens is 2. The van der Waals surface area contributed by atoms with Crippen LogP contribution in [0.3, 0.4) is 0 Å². The van der Waals surface area contributed by atoms with E-state index in [1.807, 2.05) is 0 Å². The summed E-state index contributed by atoms with van der Waals surface area (Å²) in [6, 6.07) is 6.10. The molecule has 2 aromatic carbocycles. The molecule has 0 bridgehead atoms. The zero-order valence-electron chi connectivity index (χ0n) is 14.8. The maximum atomic E-state index is 13.5. The predicted molar refractivity (Wildman–Crippen MR) is 94.5 cm³/mol. The van der Waals surface area contributed by atoms with Crippen molar-refractivity contribution >= 4 is 27.6 Å². The summed E-state index contributed by atoms with van der Waals surface area (Å²) >= 11 is 0. The molecule has 2 rings (SSSR count). The molecule has 0 fully saturated rings. The molecule has 0 atom stereocenters. The van der Waals surface area contributed by atoms with E-state index >= 15 is 0 Å². The molecule has 0 radical (unpaired) electrons. The van der Waals surface area contributed by atoms with Gasteiger partial charge in [-0.15, -0.1) is 0 Å². The number of methoxy groups -OCH3 is 1. The number of carbonyl (C=O) groups is 2. The molecule has 0 saturated heterocycles. The molecule has 0 aliphatic carbocycles. The first-order valence-corrected chi connectivity index (χ1v) is 9.20. The number of anilines is 1. The third-order valence-corrected chi connectivity index (χ3v) is 4.93. The highest BCUT2D eigenvalue weighted by Gasteiger charge is 2.21. The Morgan fingerprint density at radius 1 is 1.11 bits per heavy atom. The van der Waals surface area contributed by atoms with Gasteiger partial charge in [-0.25, -0.2) is 26.7 Å². The van der Waals surface area contributed by atoms with Crippen molar-refractivity contribution in [3.63, 3.8) is 0 Å². The first-order chi connectivity index (χ1) is 13.2. The Balaban J connectivity index is 2.08. The third kappa shape index (κ3) is 5.02. The van der Waals surface area contributed by atoms with Gasteiger partial charge in [0.2, 0.25) is 10.0 Å². The quantitative estimate of drug-likeness (QED) is 0.667. The second-order valence-electron chi connectivity index (χ2n) is 5.32. The number of nitrogens with one attached hydrogen (secondary N) is 2. The number of hydrogen-bond donors (Lipinski definition) is 2. The van der Waals surface area contributed by atoms with E-state index < -0.39 is 40.1 Å². The lowest BCUT2D eigenvalue weighted by Gasteiger charge is -2.11.